The number of fused-ring (bicyclic) bond motifs is 1. The Labute approximate surface area is 208 Å². The van der Waals surface area contributed by atoms with Crippen LogP contribution in [0, 0.1) is 5.92 Å². The van der Waals surface area contributed by atoms with E-state index in [0.29, 0.717) is 23.0 Å². The van der Waals surface area contributed by atoms with Crippen molar-refractivity contribution in [2.45, 2.75) is 31.4 Å². The maximum atomic E-state index is 13.7. The monoisotopic (exact) mass is 509 g/mol. The number of tetrazole rings is 1. The molecule has 1 saturated carbocycles. The first-order valence-electron chi connectivity index (χ1n) is 11.7. The van der Waals surface area contributed by atoms with E-state index in [1.165, 1.54) is 27.7 Å². The predicted octanol–water partition coefficient (Wildman–Crippen LogP) is 3.36. The zero-order valence-electron chi connectivity index (χ0n) is 20.0. The molecule has 0 saturated heterocycles. The Kier molecular flexibility index (Phi) is 5.24. The Morgan fingerprint density at radius 2 is 1.92 bits per heavy atom. The molecule has 1 aliphatic carbocycles. The van der Waals surface area contributed by atoms with Gasteiger partial charge in [0.1, 0.15) is 12.2 Å². The first-order valence-corrected chi connectivity index (χ1v) is 11.7. The van der Waals surface area contributed by atoms with E-state index in [0.717, 1.165) is 41.1 Å². The number of rotatable bonds is 5. The van der Waals surface area contributed by atoms with E-state index < -0.39 is 17.4 Å². The fraction of sp³-hybridized carbons (Fsp3) is 0.333. The predicted molar refractivity (Wildman–Crippen MR) is 126 cm³/mol. The van der Waals surface area contributed by atoms with Gasteiger partial charge in [-0.1, -0.05) is 6.42 Å². The highest BCUT2D eigenvalue weighted by Crippen LogP contribution is 2.44. The fourth-order valence-corrected chi connectivity index (χ4v) is 5.07. The summed E-state index contributed by atoms with van der Waals surface area (Å²) >= 11 is 0. The van der Waals surface area contributed by atoms with Crippen molar-refractivity contribution in [2.24, 2.45) is 20.0 Å². The van der Waals surface area contributed by atoms with Gasteiger partial charge in [0.2, 0.25) is 0 Å². The Morgan fingerprint density at radius 3 is 2.54 bits per heavy atom. The summed E-state index contributed by atoms with van der Waals surface area (Å²) in [5, 5.41) is 20.2. The molecule has 5 aromatic rings. The van der Waals surface area contributed by atoms with Crippen LogP contribution in [-0.2, 0) is 20.3 Å². The minimum Gasteiger partial charge on any atom is -0.320 e. The van der Waals surface area contributed by atoms with Crippen molar-refractivity contribution in [1.82, 2.24) is 43.9 Å². The summed E-state index contributed by atoms with van der Waals surface area (Å²) in [7, 11) is 3.57. The third kappa shape index (κ3) is 3.81. The van der Waals surface area contributed by atoms with Gasteiger partial charge in [0.15, 0.2) is 5.82 Å². The van der Waals surface area contributed by atoms with Crippen molar-refractivity contribution < 1.29 is 13.2 Å². The van der Waals surface area contributed by atoms with Crippen molar-refractivity contribution in [2.75, 3.05) is 0 Å². The van der Waals surface area contributed by atoms with Crippen LogP contribution in [0.2, 0.25) is 0 Å². The number of hydrogen-bond donors (Lipinski definition) is 0. The molecule has 0 unspecified atom stereocenters. The number of nitrogens with zero attached hydrogens (tertiary/aromatic N) is 9. The molecule has 1 aliphatic rings. The van der Waals surface area contributed by atoms with E-state index >= 15 is 0 Å². The SMILES string of the molecule is Cn1cnnc1[C@@H](c1cc(-c2nnnn2C)cc(-n2cc3c(C(F)(F)F)cccn3c2=O)c1)C1CCC1. The second-order valence-electron chi connectivity index (χ2n) is 9.36. The van der Waals surface area contributed by atoms with E-state index in [1.807, 2.05) is 23.7 Å². The topological polar surface area (TPSA) is 101 Å². The first kappa shape index (κ1) is 23.1. The molecule has 0 amide bonds. The first-order chi connectivity index (χ1) is 17.7. The summed E-state index contributed by atoms with van der Waals surface area (Å²) < 4.78 is 46.7. The Bertz CT molecular complexity index is 1670. The van der Waals surface area contributed by atoms with Crippen LogP contribution in [-0.4, -0.2) is 43.9 Å². The molecule has 1 fully saturated rings. The molecular weight excluding hydrogens is 487 g/mol. The second-order valence-corrected chi connectivity index (χ2v) is 9.36. The summed E-state index contributed by atoms with van der Waals surface area (Å²) in [6.45, 7) is 0. The average Bonchev–Trinajstić information content (AvgIpc) is 3.54. The standard InChI is InChI=1S/C24H22F3N9O/c1-33-13-28-29-22(33)20(14-5-3-6-14)15-9-16(21-30-31-32-34(21)2)11-17(10-15)36-12-19-18(24(25,26)27)7-4-8-35(19)23(36)37/h4,7-14,20H,3,5-6H2,1-2H3/t20-/m1/s1. The quantitative estimate of drug-likeness (QED) is 0.360. The minimum atomic E-state index is -4.61. The van der Waals surface area contributed by atoms with E-state index in [9.17, 15) is 18.0 Å². The largest absolute Gasteiger partial charge is 0.418 e. The fourth-order valence-electron chi connectivity index (χ4n) is 5.07. The number of imidazole rings is 1. The molecule has 0 radical (unpaired) electrons. The van der Waals surface area contributed by atoms with Crippen LogP contribution in [0.25, 0.3) is 22.6 Å². The number of aromatic nitrogens is 9. The van der Waals surface area contributed by atoms with Gasteiger partial charge in [0.05, 0.1) is 16.8 Å². The van der Waals surface area contributed by atoms with Crippen LogP contribution in [0.5, 0.6) is 0 Å². The molecule has 4 aromatic heterocycles. The maximum Gasteiger partial charge on any atom is 0.418 e. The van der Waals surface area contributed by atoms with Gasteiger partial charge >= 0.3 is 11.9 Å². The van der Waals surface area contributed by atoms with Gasteiger partial charge < -0.3 is 4.57 Å². The van der Waals surface area contributed by atoms with Crippen LogP contribution < -0.4 is 5.69 Å². The molecule has 10 nitrogen and oxygen atoms in total. The van der Waals surface area contributed by atoms with Crippen molar-refractivity contribution in [1.29, 1.82) is 0 Å². The molecule has 13 heteroatoms. The van der Waals surface area contributed by atoms with Crippen LogP contribution in [0.3, 0.4) is 0 Å². The van der Waals surface area contributed by atoms with E-state index in [4.69, 9.17) is 0 Å². The average molecular weight is 509 g/mol. The summed E-state index contributed by atoms with van der Waals surface area (Å²) in [6, 6.07) is 7.67. The number of alkyl halides is 3. The highest BCUT2D eigenvalue weighted by molar-refractivity contribution is 5.63. The molecule has 1 atom stereocenters. The summed E-state index contributed by atoms with van der Waals surface area (Å²) in [5.41, 5.74) is 0.171. The van der Waals surface area contributed by atoms with Gasteiger partial charge in [-0.25, -0.2) is 9.48 Å². The van der Waals surface area contributed by atoms with Crippen LogP contribution in [0.1, 0.15) is 42.1 Å². The van der Waals surface area contributed by atoms with Gasteiger partial charge in [0, 0.05) is 38.0 Å². The Balaban J connectivity index is 1.60. The minimum absolute atomic E-state index is 0.125. The van der Waals surface area contributed by atoms with E-state index in [1.54, 1.807) is 19.4 Å². The Morgan fingerprint density at radius 1 is 1.11 bits per heavy atom. The third-order valence-electron chi connectivity index (χ3n) is 7.10. The molecule has 6 rings (SSSR count). The number of aryl methyl sites for hydroxylation is 2. The lowest BCUT2D eigenvalue weighted by molar-refractivity contribution is -0.136. The number of halogens is 3. The lowest BCUT2D eigenvalue weighted by Gasteiger charge is -2.33. The number of benzene rings is 1. The van der Waals surface area contributed by atoms with Gasteiger partial charge in [-0.05, 0) is 65.1 Å². The van der Waals surface area contributed by atoms with Gasteiger partial charge in [-0.2, -0.15) is 13.2 Å². The van der Waals surface area contributed by atoms with Crippen molar-refractivity contribution in [3.63, 3.8) is 0 Å². The number of pyridine rings is 1. The zero-order chi connectivity index (χ0) is 25.9. The zero-order valence-corrected chi connectivity index (χ0v) is 20.0. The van der Waals surface area contributed by atoms with Crippen molar-refractivity contribution in [3.05, 3.63) is 76.5 Å². The van der Waals surface area contributed by atoms with Crippen LogP contribution >= 0.6 is 0 Å². The molecular formula is C24H22F3N9O. The second kappa shape index (κ2) is 8.39. The molecule has 0 bridgehead atoms. The Hall–Kier alpha value is -4.29. The molecule has 4 heterocycles. The van der Waals surface area contributed by atoms with Crippen LogP contribution in [0.4, 0.5) is 13.2 Å². The molecule has 190 valence electrons. The van der Waals surface area contributed by atoms with E-state index in [-0.39, 0.29) is 11.4 Å². The van der Waals surface area contributed by atoms with Crippen molar-refractivity contribution in [3.8, 4) is 17.1 Å². The normalized spacial score (nSPS) is 15.3. The highest BCUT2D eigenvalue weighted by atomic mass is 19.4. The lowest BCUT2D eigenvalue weighted by Crippen LogP contribution is -2.24. The lowest BCUT2D eigenvalue weighted by atomic mass is 9.72. The molecule has 0 aliphatic heterocycles. The van der Waals surface area contributed by atoms with Crippen molar-refractivity contribution >= 4 is 5.52 Å². The van der Waals surface area contributed by atoms with Gasteiger partial charge in [0.25, 0.3) is 0 Å². The summed E-state index contributed by atoms with van der Waals surface area (Å²) in [4.78, 5) is 13.3. The molecule has 1 aromatic carbocycles. The smallest absolute Gasteiger partial charge is 0.320 e. The third-order valence-corrected chi connectivity index (χ3v) is 7.10. The highest BCUT2D eigenvalue weighted by Gasteiger charge is 2.35. The maximum absolute atomic E-state index is 13.7. The van der Waals surface area contributed by atoms with Crippen LogP contribution in [0.15, 0.2) is 53.8 Å². The number of hydrogen-bond acceptors (Lipinski definition) is 6. The van der Waals surface area contributed by atoms with Gasteiger partial charge in [-0.15, -0.1) is 15.3 Å². The molecule has 0 spiro atoms. The van der Waals surface area contributed by atoms with E-state index in [2.05, 4.69) is 25.7 Å². The summed E-state index contributed by atoms with van der Waals surface area (Å²) in [6.07, 6.45) is 2.71. The summed E-state index contributed by atoms with van der Waals surface area (Å²) in [5.74, 6) is 1.42. The molecule has 0 N–H and O–H groups in total. The molecule has 37 heavy (non-hydrogen) atoms. The van der Waals surface area contributed by atoms with Gasteiger partial charge in [-0.3, -0.25) is 8.97 Å².